The van der Waals surface area contributed by atoms with Gasteiger partial charge in [-0.25, -0.2) is 4.90 Å². The number of nitrogens with one attached hydrogen (secondary N) is 1. The molecule has 1 heterocycles. The summed E-state index contributed by atoms with van der Waals surface area (Å²) >= 11 is 1.19. The minimum Gasteiger partial charge on any atom is -0.322 e. The highest BCUT2D eigenvalue weighted by molar-refractivity contribution is 8.00. The zero-order valence-electron chi connectivity index (χ0n) is 17.8. The molecule has 176 valence electrons. The van der Waals surface area contributed by atoms with Gasteiger partial charge < -0.3 is 5.32 Å². The molecule has 0 aliphatic carbocycles. The molecule has 0 aromatic heterocycles. The first-order valence-electron chi connectivity index (χ1n) is 10.2. The number of rotatable bonds is 7. The Morgan fingerprint density at radius 3 is 2.20 bits per heavy atom. The number of nitro groups is 2. The zero-order chi connectivity index (χ0) is 25.1. The average Bonchev–Trinajstić information content (AvgIpc) is 3.12. The summed E-state index contributed by atoms with van der Waals surface area (Å²) in [4.78, 5) is 60.0. The summed E-state index contributed by atoms with van der Waals surface area (Å²) < 4.78 is 0. The summed E-state index contributed by atoms with van der Waals surface area (Å²) in [5.41, 5.74) is 0.526. The molecule has 1 N–H and O–H groups in total. The van der Waals surface area contributed by atoms with Crippen molar-refractivity contribution in [2.24, 2.45) is 0 Å². The molecule has 12 heteroatoms. The SMILES string of the molecule is O=C(Nc1ccc(SC2CC(=O)N(c3ccc([N+](=O)[O-])cc3)C2=O)cc1)c1cccc([N+](=O)[O-])c1. The highest BCUT2D eigenvalue weighted by Crippen LogP contribution is 2.35. The maximum Gasteiger partial charge on any atom is 0.270 e. The van der Waals surface area contributed by atoms with Crippen LogP contribution in [-0.4, -0.2) is 32.8 Å². The van der Waals surface area contributed by atoms with Crippen LogP contribution < -0.4 is 10.2 Å². The Kier molecular flexibility index (Phi) is 6.55. The third kappa shape index (κ3) is 5.17. The topological polar surface area (TPSA) is 153 Å². The van der Waals surface area contributed by atoms with E-state index in [-0.39, 0.29) is 29.0 Å². The number of nitro benzene ring substituents is 2. The predicted molar refractivity (Wildman–Crippen MR) is 127 cm³/mol. The van der Waals surface area contributed by atoms with E-state index in [2.05, 4.69) is 5.32 Å². The number of amides is 3. The van der Waals surface area contributed by atoms with Crippen LogP contribution in [0, 0.1) is 20.2 Å². The van der Waals surface area contributed by atoms with E-state index in [1.54, 1.807) is 24.3 Å². The highest BCUT2D eigenvalue weighted by Gasteiger charge is 2.40. The summed E-state index contributed by atoms with van der Waals surface area (Å²) in [5.74, 6) is -1.33. The van der Waals surface area contributed by atoms with Crippen molar-refractivity contribution >= 4 is 52.2 Å². The molecule has 3 amide bonds. The molecular formula is C23H16N4O7S. The van der Waals surface area contributed by atoms with Crippen LogP contribution in [0.25, 0.3) is 0 Å². The van der Waals surface area contributed by atoms with Gasteiger partial charge in [0.1, 0.15) is 0 Å². The quantitative estimate of drug-likeness (QED) is 0.293. The molecule has 1 aliphatic heterocycles. The van der Waals surface area contributed by atoms with E-state index < -0.39 is 32.8 Å². The molecule has 35 heavy (non-hydrogen) atoms. The Morgan fingerprint density at radius 2 is 1.57 bits per heavy atom. The van der Waals surface area contributed by atoms with E-state index in [1.165, 1.54) is 60.3 Å². The van der Waals surface area contributed by atoms with Gasteiger partial charge in [-0.3, -0.25) is 34.6 Å². The number of carbonyl (C=O) groups is 3. The molecule has 3 aromatic rings. The average molecular weight is 492 g/mol. The Bertz CT molecular complexity index is 1340. The van der Waals surface area contributed by atoms with Gasteiger partial charge >= 0.3 is 0 Å². The first kappa shape index (κ1) is 23.6. The Hall–Kier alpha value is -4.58. The molecule has 11 nitrogen and oxygen atoms in total. The second-order valence-corrected chi connectivity index (χ2v) is 8.71. The van der Waals surface area contributed by atoms with Crippen molar-refractivity contribution in [1.29, 1.82) is 0 Å². The van der Waals surface area contributed by atoms with E-state index in [9.17, 15) is 34.6 Å². The van der Waals surface area contributed by atoms with Gasteiger partial charge in [0, 0.05) is 46.8 Å². The molecular weight excluding hydrogens is 476 g/mol. The van der Waals surface area contributed by atoms with Crippen LogP contribution in [0.15, 0.2) is 77.7 Å². The normalized spacial score (nSPS) is 15.2. The lowest BCUT2D eigenvalue weighted by Crippen LogP contribution is -2.31. The van der Waals surface area contributed by atoms with Crippen LogP contribution in [0.4, 0.5) is 22.7 Å². The molecule has 1 aliphatic rings. The van der Waals surface area contributed by atoms with Gasteiger partial charge in [0.25, 0.3) is 17.3 Å². The Balaban J connectivity index is 1.40. The van der Waals surface area contributed by atoms with Crippen molar-refractivity contribution < 1.29 is 24.2 Å². The lowest BCUT2D eigenvalue weighted by atomic mass is 10.2. The molecule has 0 bridgehead atoms. The van der Waals surface area contributed by atoms with Gasteiger partial charge in [-0.05, 0) is 42.5 Å². The van der Waals surface area contributed by atoms with Crippen LogP contribution >= 0.6 is 11.8 Å². The molecule has 1 fully saturated rings. The fraction of sp³-hybridized carbons (Fsp3) is 0.0870. The van der Waals surface area contributed by atoms with Crippen molar-refractivity contribution in [3.63, 3.8) is 0 Å². The minimum absolute atomic E-state index is 0.0221. The number of anilines is 2. The fourth-order valence-electron chi connectivity index (χ4n) is 3.44. The van der Waals surface area contributed by atoms with Gasteiger partial charge in [0.05, 0.1) is 20.8 Å². The number of thioether (sulfide) groups is 1. The summed E-state index contributed by atoms with van der Waals surface area (Å²) in [6, 6.07) is 17.1. The lowest BCUT2D eigenvalue weighted by molar-refractivity contribution is -0.385. The Labute approximate surface area is 202 Å². The number of non-ortho nitro benzene ring substituents is 2. The number of hydrogen-bond acceptors (Lipinski definition) is 8. The molecule has 0 saturated carbocycles. The number of imide groups is 1. The van der Waals surface area contributed by atoms with Crippen molar-refractivity contribution in [1.82, 2.24) is 0 Å². The first-order valence-corrected chi connectivity index (χ1v) is 11.0. The van der Waals surface area contributed by atoms with Crippen molar-refractivity contribution in [3.05, 3.63) is 98.6 Å². The second kappa shape index (κ2) is 9.73. The summed E-state index contributed by atoms with van der Waals surface area (Å²) in [7, 11) is 0. The fourth-order valence-corrected chi connectivity index (χ4v) is 4.49. The maximum absolute atomic E-state index is 12.8. The molecule has 1 atom stereocenters. The van der Waals surface area contributed by atoms with E-state index in [0.717, 1.165) is 4.90 Å². The van der Waals surface area contributed by atoms with Crippen LogP contribution in [-0.2, 0) is 9.59 Å². The van der Waals surface area contributed by atoms with Gasteiger partial charge in [-0.15, -0.1) is 11.8 Å². The first-order chi connectivity index (χ1) is 16.7. The predicted octanol–water partition coefficient (Wildman–Crippen LogP) is 4.18. The van der Waals surface area contributed by atoms with Crippen LogP contribution in [0.5, 0.6) is 0 Å². The molecule has 1 saturated heterocycles. The summed E-state index contributed by atoms with van der Waals surface area (Å²) in [6.45, 7) is 0. The lowest BCUT2D eigenvalue weighted by Gasteiger charge is -2.14. The second-order valence-electron chi connectivity index (χ2n) is 7.44. The van der Waals surface area contributed by atoms with Gasteiger partial charge in [-0.1, -0.05) is 6.07 Å². The van der Waals surface area contributed by atoms with E-state index in [4.69, 9.17) is 0 Å². The van der Waals surface area contributed by atoms with Crippen LogP contribution in [0.3, 0.4) is 0 Å². The van der Waals surface area contributed by atoms with Crippen LogP contribution in [0.1, 0.15) is 16.8 Å². The molecule has 3 aromatic carbocycles. The number of nitrogens with zero attached hydrogens (tertiary/aromatic N) is 3. The zero-order valence-corrected chi connectivity index (χ0v) is 18.6. The number of carbonyl (C=O) groups excluding carboxylic acids is 3. The smallest absolute Gasteiger partial charge is 0.270 e. The monoisotopic (exact) mass is 492 g/mol. The van der Waals surface area contributed by atoms with Crippen molar-refractivity contribution in [2.75, 3.05) is 10.2 Å². The van der Waals surface area contributed by atoms with Gasteiger partial charge in [0.15, 0.2) is 0 Å². The summed E-state index contributed by atoms with van der Waals surface area (Å²) in [6.07, 6.45) is -0.0221. The van der Waals surface area contributed by atoms with E-state index in [1.807, 2.05) is 0 Å². The minimum atomic E-state index is -0.664. The Morgan fingerprint density at radius 1 is 0.914 bits per heavy atom. The third-order valence-electron chi connectivity index (χ3n) is 5.13. The molecule has 1 unspecified atom stereocenters. The van der Waals surface area contributed by atoms with Crippen LogP contribution in [0.2, 0.25) is 0 Å². The number of benzene rings is 3. The van der Waals surface area contributed by atoms with Gasteiger partial charge in [0.2, 0.25) is 11.8 Å². The third-order valence-corrected chi connectivity index (χ3v) is 6.33. The van der Waals surface area contributed by atoms with E-state index >= 15 is 0 Å². The number of hydrogen-bond donors (Lipinski definition) is 1. The standard InChI is InChI=1S/C23H16N4O7S/c28-21-13-20(23(30)25(21)16-6-8-17(9-7-16)26(31)32)35-19-10-4-15(5-11-19)24-22(29)14-2-1-3-18(12-14)27(33)34/h1-12,20H,13H2,(H,24,29). The largest absolute Gasteiger partial charge is 0.322 e. The maximum atomic E-state index is 12.8. The molecule has 0 spiro atoms. The van der Waals surface area contributed by atoms with E-state index in [0.29, 0.717) is 10.6 Å². The highest BCUT2D eigenvalue weighted by atomic mass is 32.2. The molecule has 0 radical (unpaired) electrons. The summed E-state index contributed by atoms with van der Waals surface area (Å²) in [5, 5.41) is 23.7. The molecule has 4 rings (SSSR count). The van der Waals surface area contributed by atoms with Crippen molar-refractivity contribution in [3.8, 4) is 0 Å². The van der Waals surface area contributed by atoms with Gasteiger partial charge in [-0.2, -0.15) is 0 Å². The van der Waals surface area contributed by atoms with Crippen molar-refractivity contribution in [2.45, 2.75) is 16.6 Å².